The van der Waals surface area contributed by atoms with Crippen LogP contribution in [0, 0.1) is 5.92 Å². The second-order valence-corrected chi connectivity index (χ2v) is 3.57. The molecule has 0 aromatic carbocycles. The van der Waals surface area contributed by atoms with Gasteiger partial charge < -0.3 is 9.53 Å². The van der Waals surface area contributed by atoms with E-state index in [2.05, 4.69) is 0 Å². The van der Waals surface area contributed by atoms with Crippen molar-refractivity contribution in [3.8, 4) is 0 Å². The summed E-state index contributed by atoms with van der Waals surface area (Å²) in [5.74, 6) is 0.240. The molecular formula is C10H18O3. The Kier molecular flexibility index (Phi) is 5.55. The predicted octanol–water partition coefficient (Wildman–Crippen LogP) is 1.60. The van der Waals surface area contributed by atoms with E-state index in [0.29, 0.717) is 12.8 Å². The lowest BCUT2D eigenvalue weighted by Crippen LogP contribution is -2.28. The van der Waals surface area contributed by atoms with Gasteiger partial charge in [-0.15, -0.1) is 0 Å². The Morgan fingerprint density at radius 2 is 1.77 bits per heavy atom. The Bertz CT molecular complexity index is 185. The molecule has 1 unspecified atom stereocenters. The van der Waals surface area contributed by atoms with Gasteiger partial charge in [-0.25, -0.2) is 0 Å². The molecule has 1 atom stereocenters. The van der Waals surface area contributed by atoms with Gasteiger partial charge in [-0.2, -0.15) is 0 Å². The zero-order chi connectivity index (χ0) is 10.4. The zero-order valence-corrected chi connectivity index (χ0v) is 8.79. The van der Waals surface area contributed by atoms with Gasteiger partial charge in [0.1, 0.15) is 11.9 Å². The maximum Gasteiger partial charge on any atom is 0.162 e. The molecule has 3 heteroatoms. The van der Waals surface area contributed by atoms with Crippen LogP contribution in [0.5, 0.6) is 0 Å². The van der Waals surface area contributed by atoms with Crippen LogP contribution in [0.25, 0.3) is 0 Å². The van der Waals surface area contributed by atoms with Gasteiger partial charge in [0.25, 0.3) is 0 Å². The molecule has 3 nitrogen and oxygen atoms in total. The van der Waals surface area contributed by atoms with Crippen molar-refractivity contribution in [1.29, 1.82) is 0 Å². The summed E-state index contributed by atoms with van der Waals surface area (Å²) in [6, 6.07) is 0. The van der Waals surface area contributed by atoms with Gasteiger partial charge in [0.05, 0.1) is 0 Å². The standard InChI is InChI=1S/C10H18O3/c1-7(2)10(13-4)9(12)6-5-8(3)11/h7,10H,5-6H2,1-4H3. The average Bonchev–Trinajstić information content (AvgIpc) is 2.01. The molecule has 0 amide bonds. The lowest BCUT2D eigenvalue weighted by molar-refractivity contribution is -0.132. The minimum absolute atomic E-state index is 0.0210. The van der Waals surface area contributed by atoms with Crippen LogP contribution in [-0.4, -0.2) is 24.8 Å². The van der Waals surface area contributed by atoms with Gasteiger partial charge in [0.15, 0.2) is 5.78 Å². The number of methoxy groups -OCH3 is 1. The van der Waals surface area contributed by atoms with E-state index in [9.17, 15) is 9.59 Å². The first-order chi connectivity index (χ1) is 5.99. The summed E-state index contributed by atoms with van der Waals surface area (Å²) in [6.45, 7) is 5.35. The Morgan fingerprint density at radius 3 is 2.08 bits per heavy atom. The van der Waals surface area contributed by atoms with Crippen molar-refractivity contribution >= 4 is 11.6 Å². The zero-order valence-electron chi connectivity index (χ0n) is 8.79. The molecule has 0 aromatic rings. The number of ether oxygens (including phenoxy) is 1. The maximum atomic E-state index is 11.4. The first-order valence-corrected chi connectivity index (χ1v) is 4.54. The van der Waals surface area contributed by atoms with Gasteiger partial charge in [-0.05, 0) is 12.8 Å². The number of rotatable bonds is 6. The number of Topliss-reactive ketones (excluding diaryl/α,β-unsaturated/α-hetero) is 2. The van der Waals surface area contributed by atoms with E-state index in [1.165, 1.54) is 14.0 Å². The molecule has 76 valence electrons. The van der Waals surface area contributed by atoms with Gasteiger partial charge in [-0.1, -0.05) is 13.8 Å². The molecule has 13 heavy (non-hydrogen) atoms. The summed E-state index contributed by atoms with van der Waals surface area (Å²) in [5.41, 5.74) is 0. The van der Waals surface area contributed by atoms with Crippen LogP contribution in [0.3, 0.4) is 0 Å². The largest absolute Gasteiger partial charge is 0.373 e. The van der Waals surface area contributed by atoms with Crippen molar-refractivity contribution in [2.24, 2.45) is 5.92 Å². The van der Waals surface area contributed by atoms with Crippen molar-refractivity contribution in [1.82, 2.24) is 0 Å². The third kappa shape index (κ3) is 4.78. The second-order valence-electron chi connectivity index (χ2n) is 3.57. The molecule has 0 aliphatic rings. The van der Waals surface area contributed by atoms with Crippen LogP contribution < -0.4 is 0 Å². The van der Waals surface area contributed by atoms with Crippen molar-refractivity contribution in [2.45, 2.75) is 39.7 Å². The Hall–Kier alpha value is -0.700. The number of carbonyl (C=O) groups excluding carboxylic acids is 2. The Balaban J connectivity index is 3.99. The normalized spacial score (nSPS) is 13.0. The lowest BCUT2D eigenvalue weighted by atomic mass is 9.99. The van der Waals surface area contributed by atoms with Gasteiger partial charge >= 0.3 is 0 Å². The van der Waals surface area contributed by atoms with E-state index in [-0.39, 0.29) is 23.6 Å². The molecule has 0 aliphatic carbocycles. The van der Waals surface area contributed by atoms with Gasteiger partial charge in [-0.3, -0.25) is 4.79 Å². The smallest absolute Gasteiger partial charge is 0.162 e. The van der Waals surface area contributed by atoms with E-state index in [1.54, 1.807) is 0 Å². The molecule has 0 aliphatic heterocycles. The highest BCUT2D eigenvalue weighted by atomic mass is 16.5. The van der Waals surface area contributed by atoms with E-state index in [1.807, 2.05) is 13.8 Å². The fourth-order valence-electron chi connectivity index (χ4n) is 1.22. The SMILES string of the molecule is COC(C(=O)CCC(C)=O)C(C)C. The molecule has 0 radical (unpaired) electrons. The molecule has 0 fully saturated rings. The molecule has 0 aromatic heterocycles. The van der Waals surface area contributed by atoms with Crippen LogP contribution >= 0.6 is 0 Å². The third-order valence-electron chi connectivity index (χ3n) is 1.90. The van der Waals surface area contributed by atoms with Crippen LogP contribution in [0.4, 0.5) is 0 Å². The molecular weight excluding hydrogens is 168 g/mol. The number of hydrogen-bond acceptors (Lipinski definition) is 3. The molecule has 0 saturated heterocycles. The molecule has 0 saturated carbocycles. The summed E-state index contributed by atoms with van der Waals surface area (Å²) >= 11 is 0. The summed E-state index contributed by atoms with van der Waals surface area (Å²) in [4.78, 5) is 22.1. The lowest BCUT2D eigenvalue weighted by Gasteiger charge is -2.17. The first-order valence-electron chi connectivity index (χ1n) is 4.54. The molecule has 0 heterocycles. The second kappa shape index (κ2) is 5.86. The number of carbonyl (C=O) groups is 2. The Morgan fingerprint density at radius 1 is 1.23 bits per heavy atom. The fourth-order valence-corrected chi connectivity index (χ4v) is 1.22. The summed E-state index contributed by atoms with van der Waals surface area (Å²) in [6.07, 6.45) is 0.261. The van der Waals surface area contributed by atoms with E-state index < -0.39 is 0 Å². The minimum atomic E-state index is -0.362. The predicted molar refractivity (Wildman–Crippen MR) is 50.6 cm³/mol. The third-order valence-corrected chi connectivity index (χ3v) is 1.90. The summed E-state index contributed by atoms with van der Waals surface area (Å²) in [7, 11) is 1.52. The van der Waals surface area contributed by atoms with Crippen LogP contribution in [-0.2, 0) is 14.3 Å². The van der Waals surface area contributed by atoms with Gasteiger partial charge in [0, 0.05) is 20.0 Å². The van der Waals surface area contributed by atoms with Gasteiger partial charge in [0.2, 0.25) is 0 Å². The van der Waals surface area contributed by atoms with Crippen LogP contribution in [0.15, 0.2) is 0 Å². The fraction of sp³-hybridized carbons (Fsp3) is 0.800. The van der Waals surface area contributed by atoms with E-state index in [0.717, 1.165) is 0 Å². The Labute approximate surface area is 79.5 Å². The molecule has 0 N–H and O–H groups in total. The molecule has 0 bridgehead atoms. The highest BCUT2D eigenvalue weighted by Crippen LogP contribution is 2.09. The highest BCUT2D eigenvalue weighted by Gasteiger charge is 2.20. The maximum absolute atomic E-state index is 11.4. The minimum Gasteiger partial charge on any atom is -0.373 e. The van der Waals surface area contributed by atoms with Crippen molar-refractivity contribution < 1.29 is 14.3 Å². The van der Waals surface area contributed by atoms with Crippen molar-refractivity contribution in [2.75, 3.05) is 7.11 Å². The topological polar surface area (TPSA) is 43.4 Å². The average molecular weight is 186 g/mol. The summed E-state index contributed by atoms with van der Waals surface area (Å²) < 4.78 is 5.04. The first kappa shape index (κ1) is 12.3. The van der Waals surface area contributed by atoms with Crippen LogP contribution in [0.1, 0.15) is 33.6 Å². The molecule has 0 spiro atoms. The van der Waals surface area contributed by atoms with Crippen LogP contribution in [0.2, 0.25) is 0 Å². The number of ketones is 2. The van der Waals surface area contributed by atoms with E-state index >= 15 is 0 Å². The van der Waals surface area contributed by atoms with E-state index in [4.69, 9.17) is 4.74 Å². The van der Waals surface area contributed by atoms with Crippen molar-refractivity contribution in [3.63, 3.8) is 0 Å². The number of hydrogen-bond donors (Lipinski definition) is 0. The monoisotopic (exact) mass is 186 g/mol. The molecule has 0 rings (SSSR count). The van der Waals surface area contributed by atoms with Crippen molar-refractivity contribution in [3.05, 3.63) is 0 Å². The highest BCUT2D eigenvalue weighted by molar-refractivity contribution is 5.87. The summed E-state index contributed by atoms with van der Waals surface area (Å²) in [5, 5.41) is 0. The quantitative estimate of drug-likeness (QED) is 0.632.